The Kier molecular flexibility index (Phi) is 5.24. The molecule has 0 spiro atoms. The molecule has 0 bridgehead atoms. The summed E-state index contributed by atoms with van der Waals surface area (Å²) >= 11 is 1.71. The van der Waals surface area contributed by atoms with E-state index < -0.39 is 15.9 Å². The first kappa shape index (κ1) is 20.5. The van der Waals surface area contributed by atoms with Crippen LogP contribution in [0, 0.1) is 12.8 Å². The number of carbonyl (C=O) groups excluding carboxylic acids is 1. The van der Waals surface area contributed by atoms with Gasteiger partial charge >= 0.3 is 0 Å². The number of Topliss-reactive ketones (excluding diaryl/α,β-unsaturated/α-hetero) is 1. The van der Waals surface area contributed by atoms with Crippen LogP contribution in [0.4, 0.5) is 0 Å². The molecule has 6 heteroatoms. The molecule has 0 amide bonds. The van der Waals surface area contributed by atoms with E-state index in [1.165, 1.54) is 4.31 Å². The summed E-state index contributed by atoms with van der Waals surface area (Å²) in [6.07, 6.45) is 0.240. The van der Waals surface area contributed by atoms with Crippen LogP contribution in [0.15, 0.2) is 87.5 Å². The summed E-state index contributed by atoms with van der Waals surface area (Å²) in [6.45, 7) is 2.37. The Hall–Kier alpha value is -2.41. The van der Waals surface area contributed by atoms with Gasteiger partial charge < -0.3 is 0 Å². The highest BCUT2D eigenvalue weighted by atomic mass is 32.2. The molecule has 2 heterocycles. The van der Waals surface area contributed by atoms with Gasteiger partial charge in [-0.05, 0) is 42.3 Å². The van der Waals surface area contributed by atoms with Gasteiger partial charge in [-0.15, -0.1) is 0 Å². The van der Waals surface area contributed by atoms with Gasteiger partial charge in [0, 0.05) is 41.1 Å². The molecule has 31 heavy (non-hydrogen) atoms. The van der Waals surface area contributed by atoms with Crippen molar-refractivity contribution in [3.05, 3.63) is 89.5 Å². The number of rotatable bonds is 3. The molecule has 0 unspecified atom stereocenters. The van der Waals surface area contributed by atoms with Crippen LogP contribution in [-0.2, 0) is 14.8 Å². The number of hydrogen-bond acceptors (Lipinski definition) is 4. The summed E-state index contributed by atoms with van der Waals surface area (Å²) in [7, 11) is -3.65. The average Bonchev–Trinajstić information content (AvgIpc) is 2.78. The summed E-state index contributed by atoms with van der Waals surface area (Å²) in [4.78, 5) is 15.7. The van der Waals surface area contributed by atoms with Gasteiger partial charge in [0.25, 0.3) is 0 Å². The lowest BCUT2D eigenvalue weighted by molar-refractivity contribution is -0.125. The van der Waals surface area contributed by atoms with Crippen molar-refractivity contribution in [3.8, 4) is 0 Å². The molecule has 1 atom stereocenters. The van der Waals surface area contributed by atoms with Crippen molar-refractivity contribution in [3.63, 3.8) is 0 Å². The number of aryl methyl sites for hydroxylation is 1. The number of hydrogen-bond donors (Lipinski definition) is 0. The normalized spacial score (nSPS) is 19.6. The third kappa shape index (κ3) is 3.63. The lowest BCUT2D eigenvalue weighted by Crippen LogP contribution is -2.46. The first-order valence-corrected chi connectivity index (χ1v) is 12.7. The predicted octanol–water partition coefficient (Wildman–Crippen LogP) is 4.87. The number of ketones is 1. The van der Waals surface area contributed by atoms with Gasteiger partial charge in [0.15, 0.2) is 0 Å². The number of benzene rings is 3. The number of piperidine rings is 1. The fourth-order valence-electron chi connectivity index (χ4n) is 4.58. The molecule has 5 rings (SSSR count). The van der Waals surface area contributed by atoms with Gasteiger partial charge in [-0.1, -0.05) is 65.9 Å². The first-order valence-electron chi connectivity index (χ1n) is 10.4. The van der Waals surface area contributed by atoms with E-state index in [-0.39, 0.29) is 36.1 Å². The summed E-state index contributed by atoms with van der Waals surface area (Å²) in [5.74, 6) is -0.411. The lowest BCUT2D eigenvalue weighted by atomic mass is 9.76. The van der Waals surface area contributed by atoms with Gasteiger partial charge in [0.1, 0.15) is 5.78 Å². The fraction of sp³-hybridized carbons (Fsp3) is 0.240. The molecule has 4 nitrogen and oxygen atoms in total. The largest absolute Gasteiger partial charge is 0.299 e. The number of fused-ring (bicyclic) bond motifs is 2. The summed E-state index contributed by atoms with van der Waals surface area (Å²) < 4.78 is 28.2. The number of nitrogens with zero attached hydrogens (tertiary/aromatic N) is 1. The number of carbonyl (C=O) groups is 1. The van der Waals surface area contributed by atoms with Gasteiger partial charge in [0.2, 0.25) is 10.0 Å². The van der Waals surface area contributed by atoms with Crippen LogP contribution in [-0.4, -0.2) is 31.6 Å². The Morgan fingerprint density at radius 3 is 2.06 bits per heavy atom. The molecular weight excluding hydrogens is 426 g/mol. The Morgan fingerprint density at radius 1 is 0.871 bits per heavy atom. The zero-order valence-electron chi connectivity index (χ0n) is 17.2. The summed E-state index contributed by atoms with van der Waals surface area (Å²) in [5, 5.41) is 0. The van der Waals surface area contributed by atoms with E-state index in [9.17, 15) is 13.2 Å². The maximum absolute atomic E-state index is 13.3. The Labute approximate surface area is 187 Å². The van der Waals surface area contributed by atoms with Crippen LogP contribution < -0.4 is 0 Å². The molecule has 0 aromatic heterocycles. The molecule has 1 saturated heterocycles. The fourth-order valence-corrected chi connectivity index (χ4v) is 7.20. The third-order valence-corrected chi connectivity index (χ3v) is 9.27. The second-order valence-electron chi connectivity index (χ2n) is 8.15. The van der Waals surface area contributed by atoms with Crippen molar-refractivity contribution in [2.75, 3.05) is 13.1 Å². The smallest absolute Gasteiger partial charge is 0.243 e. The molecule has 0 radical (unpaired) electrons. The Bertz CT molecular complexity index is 1210. The maximum Gasteiger partial charge on any atom is 0.243 e. The van der Waals surface area contributed by atoms with E-state index in [2.05, 4.69) is 24.3 Å². The van der Waals surface area contributed by atoms with E-state index in [1.54, 1.807) is 23.9 Å². The van der Waals surface area contributed by atoms with Crippen LogP contribution in [0.25, 0.3) is 0 Å². The minimum atomic E-state index is -3.65. The molecule has 2 aliphatic heterocycles. The third-order valence-electron chi connectivity index (χ3n) is 6.21. The minimum Gasteiger partial charge on any atom is -0.299 e. The van der Waals surface area contributed by atoms with E-state index >= 15 is 0 Å². The molecular formula is C25H23NO3S2. The molecule has 2 aliphatic rings. The van der Waals surface area contributed by atoms with Crippen LogP contribution in [0.1, 0.15) is 29.0 Å². The van der Waals surface area contributed by atoms with E-state index in [0.717, 1.165) is 26.5 Å². The van der Waals surface area contributed by atoms with E-state index in [4.69, 9.17) is 0 Å². The van der Waals surface area contributed by atoms with Crippen molar-refractivity contribution in [2.24, 2.45) is 5.92 Å². The van der Waals surface area contributed by atoms with Crippen molar-refractivity contribution >= 4 is 27.6 Å². The quantitative estimate of drug-likeness (QED) is 0.572. The maximum atomic E-state index is 13.3. The van der Waals surface area contributed by atoms with Crippen LogP contribution in [0.3, 0.4) is 0 Å². The summed E-state index contributed by atoms with van der Waals surface area (Å²) in [5.41, 5.74) is 3.23. The van der Waals surface area contributed by atoms with Gasteiger partial charge in [-0.3, -0.25) is 4.79 Å². The van der Waals surface area contributed by atoms with Crippen LogP contribution in [0.2, 0.25) is 0 Å². The molecule has 3 aromatic rings. The van der Waals surface area contributed by atoms with Gasteiger partial charge in [-0.2, -0.15) is 4.31 Å². The van der Waals surface area contributed by atoms with E-state index in [0.29, 0.717) is 0 Å². The molecule has 0 N–H and O–H groups in total. The first-order chi connectivity index (χ1) is 14.9. The van der Waals surface area contributed by atoms with Crippen molar-refractivity contribution < 1.29 is 13.2 Å². The molecule has 158 valence electrons. The van der Waals surface area contributed by atoms with E-state index in [1.807, 2.05) is 43.3 Å². The zero-order valence-corrected chi connectivity index (χ0v) is 18.8. The SMILES string of the molecule is Cc1ccc(S(=O)(=O)N2CCC(=O)[C@@H](C3c4ccccc4Sc4ccccc43)C2)cc1. The second-order valence-corrected chi connectivity index (χ2v) is 11.2. The molecule has 1 fully saturated rings. The summed E-state index contributed by atoms with van der Waals surface area (Å²) in [6, 6.07) is 23.2. The Balaban J connectivity index is 1.55. The van der Waals surface area contributed by atoms with Crippen molar-refractivity contribution in [1.29, 1.82) is 0 Å². The molecule has 3 aromatic carbocycles. The van der Waals surface area contributed by atoms with Crippen LogP contribution in [0.5, 0.6) is 0 Å². The predicted molar refractivity (Wildman–Crippen MR) is 122 cm³/mol. The molecule has 0 aliphatic carbocycles. The monoisotopic (exact) mass is 449 g/mol. The highest BCUT2D eigenvalue weighted by Crippen LogP contribution is 2.49. The Morgan fingerprint density at radius 2 is 1.45 bits per heavy atom. The highest BCUT2D eigenvalue weighted by molar-refractivity contribution is 7.99. The van der Waals surface area contributed by atoms with Gasteiger partial charge in [0.05, 0.1) is 4.90 Å². The number of sulfonamides is 1. The lowest BCUT2D eigenvalue weighted by Gasteiger charge is -2.38. The standard InChI is InChI=1S/C25H23NO3S2/c1-17-10-12-18(13-11-17)31(28,29)26-15-14-22(27)21(16-26)25-19-6-2-4-8-23(19)30-24-9-5-3-7-20(24)25/h2-13,21,25H,14-16H2,1H3/t21-/m0/s1. The topological polar surface area (TPSA) is 54.5 Å². The average molecular weight is 450 g/mol. The second kappa shape index (κ2) is 7.93. The zero-order chi connectivity index (χ0) is 21.6. The highest BCUT2D eigenvalue weighted by Gasteiger charge is 2.42. The molecule has 0 saturated carbocycles. The van der Waals surface area contributed by atoms with Gasteiger partial charge in [-0.25, -0.2) is 8.42 Å². The minimum absolute atomic E-state index is 0.136. The van der Waals surface area contributed by atoms with Crippen molar-refractivity contribution in [2.45, 2.75) is 33.9 Å². The van der Waals surface area contributed by atoms with Crippen molar-refractivity contribution in [1.82, 2.24) is 4.31 Å². The van der Waals surface area contributed by atoms with Crippen LogP contribution >= 0.6 is 11.8 Å².